The molecule has 0 bridgehead atoms. The van der Waals surface area contributed by atoms with Gasteiger partial charge in [-0.15, -0.1) is 0 Å². The fourth-order valence-corrected chi connectivity index (χ4v) is 5.30. The highest BCUT2D eigenvalue weighted by molar-refractivity contribution is 9.10. The van der Waals surface area contributed by atoms with E-state index in [0.29, 0.717) is 42.0 Å². The Morgan fingerprint density at radius 1 is 0.971 bits per heavy atom. The molecular weight excluding hydrogens is 502 g/mol. The molecule has 2 aromatic carbocycles. The average Bonchev–Trinajstić information content (AvgIpc) is 2.84. The lowest BCUT2D eigenvalue weighted by Gasteiger charge is -2.32. The van der Waals surface area contributed by atoms with Crippen molar-refractivity contribution in [3.63, 3.8) is 0 Å². The zero-order valence-electron chi connectivity index (χ0n) is 20.1. The van der Waals surface area contributed by atoms with E-state index in [1.165, 1.54) is 20.3 Å². The zero-order valence-corrected chi connectivity index (χ0v) is 21.7. The minimum absolute atomic E-state index is 0.0328. The SMILES string of the molecule is COc1ccc(CN(Cc2cc(OC)c(OC)cc2[N+](=O)[O-])CC2CCC(CN)CC2)cc1Br. The first kappa shape index (κ1) is 26.2. The van der Waals surface area contributed by atoms with E-state index in [0.717, 1.165) is 54.6 Å². The molecule has 0 saturated heterocycles. The normalized spacial score (nSPS) is 18.1. The van der Waals surface area contributed by atoms with Gasteiger partial charge in [0.1, 0.15) is 5.75 Å². The Balaban J connectivity index is 1.88. The summed E-state index contributed by atoms with van der Waals surface area (Å²) in [6.45, 7) is 2.68. The van der Waals surface area contributed by atoms with Gasteiger partial charge >= 0.3 is 0 Å². The number of methoxy groups -OCH3 is 3. The van der Waals surface area contributed by atoms with E-state index in [-0.39, 0.29) is 10.6 Å². The van der Waals surface area contributed by atoms with Gasteiger partial charge in [-0.2, -0.15) is 0 Å². The van der Waals surface area contributed by atoms with Gasteiger partial charge in [0.05, 0.1) is 36.8 Å². The summed E-state index contributed by atoms with van der Waals surface area (Å²) in [5, 5.41) is 11.9. The smallest absolute Gasteiger partial charge is 0.277 e. The van der Waals surface area contributed by atoms with E-state index in [9.17, 15) is 10.1 Å². The highest BCUT2D eigenvalue weighted by atomic mass is 79.9. The number of nitro groups is 1. The highest BCUT2D eigenvalue weighted by Crippen LogP contribution is 2.36. The van der Waals surface area contributed by atoms with E-state index in [1.807, 2.05) is 18.2 Å². The van der Waals surface area contributed by atoms with Gasteiger partial charge in [0.25, 0.3) is 5.69 Å². The van der Waals surface area contributed by atoms with E-state index in [4.69, 9.17) is 19.9 Å². The van der Waals surface area contributed by atoms with Crippen molar-refractivity contribution in [3.8, 4) is 17.2 Å². The van der Waals surface area contributed by atoms with Crippen LogP contribution in [0.3, 0.4) is 0 Å². The molecule has 0 radical (unpaired) electrons. The van der Waals surface area contributed by atoms with Gasteiger partial charge in [0.15, 0.2) is 11.5 Å². The van der Waals surface area contributed by atoms with E-state index >= 15 is 0 Å². The van der Waals surface area contributed by atoms with Crippen LogP contribution in [0.15, 0.2) is 34.8 Å². The fourth-order valence-electron chi connectivity index (χ4n) is 4.71. The molecule has 1 aliphatic carbocycles. The molecular formula is C25H34BrN3O5. The van der Waals surface area contributed by atoms with Crippen molar-refractivity contribution < 1.29 is 19.1 Å². The molecule has 9 heteroatoms. The maximum atomic E-state index is 11.9. The Hall–Kier alpha value is -2.36. The molecule has 186 valence electrons. The van der Waals surface area contributed by atoms with Crippen molar-refractivity contribution in [1.29, 1.82) is 0 Å². The lowest BCUT2D eigenvalue weighted by atomic mass is 9.82. The van der Waals surface area contributed by atoms with Gasteiger partial charge in [-0.3, -0.25) is 15.0 Å². The number of nitrogens with zero attached hydrogens (tertiary/aromatic N) is 2. The number of nitro benzene ring substituents is 1. The maximum Gasteiger partial charge on any atom is 0.277 e. The first-order valence-corrected chi connectivity index (χ1v) is 12.3. The summed E-state index contributed by atoms with van der Waals surface area (Å²) in [6, 6.07) is 9.18. The maximum absolute atomic E-state index is 11.9. The standard InChI is InChI=1S/C25H34BrN3O5/c1-32-23-9-8-19(10-21(23)26)15-28(14-18-6-4-17(13-27)5-7-18)16-20-11-24(33-2)25(34-3)12-22(20)29(30)31/h8-12,17-18H,4-7,13-16,27H2,1-3H3. The number of nitrogens with two attached hydrogens (primary N) is 1. The second-order valence-electron chi connectivity index (χ2n) is 8.85. The van der Waals surface area contributed by atoms with Crippen molar-refractivity contribution in [2.24, 2.45) is 17.6 Å². The van der Waals surface area contributed by atoms with Gasteiger partial charge in [-0.05, 0) is 83.8 Å². The number of benzene rings is 2. The summed E-state index contributed by atoms with van der Waals surface area (Å²) in [5.74, 6) is 2.74. The molecule has 0 heterocycles. The Morgan fingerprint density at radius 3 is 2.15 bits per heavy atom. The Bertz CT molecular complexity index is 979. The van der Waals surface area contributed by atoms with Crippen LogP contribution in [0.1, 0.15) is 36.8 Å². The molecule has 3 rings (SSSR count). The van der Waals surface area contributed by atoms with Crippen molar-refractivity contribution >= 4 is 21.6 Å². The number of halogens is 1. The summed E-state index contributed by atoms with van der Waals surface area (Å²) in [4.78, 5) is 13.8. The molecule has 0 aromatic heterocycles. The van der Waals surface area contributed by atoms with Crippen LogP contribution in [0.4, 0.5) is 5.69 Å². The van der Waals surface area contributed by atoms with Gasteiger partial charge in [-0.1, -0.05) is 6.07 Å². The zero-order chi connectivity index (χ0) is 24.7. The summed E-state index contributed by atoms with van der Waals surface area (Å²) in [7, 11) is 4.66. The molecule has 8 nitrogen and oxygen atoms in total. The molecule has 0 aliphatic heterocycles. The van der Waals surface area contributed by atoms with Crippen molar-refractivity contribution in [1.82, 2.24) is 4.90 Å². The second-order valence-corrected chi connectivity index (χ2v) is 9.71. The predicted octanol–water partition coefficient (Wildman–Crippen LogP) is 5.15. The van der Waals surface area contributed by atoms with E-state index in [1.54, 1.807) is 13.2 Å². The van der Waals surface area contributed by atoms with E-state index < -0.39 is 0 Å². The molecule has 0 spiro atoms. The van der Waals surface area contributed by atoms with Crippen LogP contribution in [-0.4, -0.2) is 44.2 Å². The van der Waals surface area contributed by atoms with Crippen LogP contribution in [0.5, 0.6) is 17.2 Å². The Morgan fingerprint density at radius 2 is 1.59 bits per heavy atom. The number of ether oxygens (including phenoxy) is 3. The third kappa shape index (κ3) is 6.61. The number of hydrogen-bond acceptors (Lipinski definition) is 7. The molecule has 1 aliphatic rings. The molecule has 2 N–H and O–H groups in total. The molecule has 1 fully saturated rings. The van der Waals surface area contributed by atoms with Gasteiger partial charge in [-0.25, -0.2) is 0 Å². The first-order valence-electron chi connectivity index (χ1n) is 11.5. The largest absolute Gasteiger partial charge is 0.496 e. The topological polar surface area (TPSA) is 100 Å². The molecule has 0 unspecified atom stereocenters. The summed E-state index contributed by atoms with van der Waals surface area (Å²) >= 11 is 3.57. The highest BCUT2D eigenvalue weighted by Gasteiger charge is 2.26. The number of hydrogen-bond donors (Lipinski definition) is 1. The van der Waals surface area contributed by atoms with Crippen LogP contribution in [0.2, 0.25) is 0 Å². The van der Waals surface area contributed by atoms with Crippen molar-refractivity contribution in [2.75, 3.05) is 34.4 Å². The summed E-state index contributed by atoms with van der Waals surface area (Å²) < 4.78 is 17.0. The van der Waals surface area contributed by atoms with Gasteiger partial charge in [0.2, 0.25) is 0 Å². The van der Waals surface area contributed by atoms with Crippen molar-refractivity contribution in [2.45, 2.75) is 38.8 Å². The third-order valence-electron chi connectivity index (χ3n) is 6.61. The van der Waals surface area contributed by atoms with Crippen LogP contribution in [-0.2, 0) is 13.1 Å². The Kier molecular flexibility index (Phi) is 9.55. The molecule has 34 heavy (non-hydrogen) atoms. The van der Waals surface area contributed by atoms with Crippen LogP contribution in [0.25, 0.3) is 0 Å². The predicted molar refractivity (Wildman–Crippen MR) is 136 cm³/mol. The minimum Gasteiger partial charge on any atom is -0.496 e. The second kappa shape index (κ2) is 12.4. The van der Waals surface area contributed by atoms with Crippen LogP contribution in [0, 0.1) is 22.0 Å². The molecule has 1 saturated carbocycles. The molecule has 2 aromatic rings. The minimum atomic E-state index is -0.355. The summed E-state index contributed by atoms with van der Waals surface area (Å²) in [5.41, 5.74) is 7.62. The fraction of sp³-hybridized carbons (Fsp3) is 0.520. The first-order chi connectivity index (χ1) is 16.4. The lowest BCUT2D eigenvalue weighted by molar-refractivity contribution is -0.385. The average molecular weight is 536 g/mol. The van der Waals surface area contributed by atoms with Crippen molar-refractivity contribution in [3.05, 3.63) is 56.0 Å². The van der Waals surface area contributed by atoms with Gasteiger partial charge < -0.3 is 19.9 Å². The van der Waals surface area contributed by atoms with Crippen LogP contribution < -0.4 is 19.9 Å². The lowest BCUT2D eigenvalue weighted by Crippen LogP contribution is -2.32. The third-order valence-corrected chi connectivity index (χ3v) is 7.23. The Labute approximate surface area is 209 Å². The molecule has 0 atom stereocenters. The van der Waals surface area contributed by atoms with Crippen LogP contribution >= 0.6 is 15.9 Å². The van der Waals surface area contributed by atoms with E-state index in [2.05, 4.69) is 20.8 Å². The quantitative estimate of drug-likeness (QED) is 0.313. The van der Waals surface area contributed by atoms with Gasteiger partial charge in [0, 0.05) is 25.2 Å². The molecule has 0 amide bonds. The summed E-state index contributed by atoms with van der Waals surface area (Å²) in [6.07, 6.45) is 4.52. The number of rotatable bonds is 11. The monoisotopic (exact) mass is 535 g/mol.